The van der Waals surface area contributed by atoms with Gasteiger partial charge in [-0.15, -0.1) is 9.78 Å². The van der Waals surface area contributed by atoms with Crippen molar-refractivity contribution in [3.63, 3.8) is 0 Å². The topological polar surface area (TPSA) is 100 Å². The molecule has 0 saturated carbocycles. The molecule has 2 aliphatic rings. The van der Waals surface area contributed by atoms with E-state index in [-0.39, 0.29) is 0 Å². The van der Waals surface area contributed by atoms with E-state index in [9.17, 15) is 14.4 Å². The maximum atomic E-state index is 13.2. The molecule has 0 bridgehead atoms. The average Bonchev–Trinajstić information content (AvgIpc) is 3.31. The number of carbonyl (C=O) groups is 3. The van der Waals surface area contributed by atoms with Gasteiger partial charge in [-0.25, -0.2) is 14.3 Å². The number of likely N-dealkylation sites (N-methyl/N-ethyl adjacent to an activating group) is 1. The highest BCUT2D eigenvalue weighted by molar-refractivity contribution is 6.23. The van der Waals surface area contributed by atoms with E-state index in [0.717, 1.165) is 35.6 Å². The van der Waals surface area contributed by atoms with Crippen LogP contribution in [-0.2, 0) is 27.2 Å². The molecule has 1 aromatic heterocycles. The predicted molar refractivity (Wildman–Crippen MR) is 105 cm³/mol. The number of esters is 1. The third-order valence-corrected chi connectivity index (χ3v) is 5.12. The maximum absolute atomic E-state index is 13.2. The normalized spacial score (nSPS) is 19.1. The number of rotatable bonds is 6. The Kier molecular flexibility index (Phi) is 5.81. The first-order valence-corrected chi connectivity index (χ1v) is 9.84. The highest BCUT2D eigenvalue weighted by Gasteiger charge is 2.53. The summed E-state index contributed by atoms with van der Waals surface area (Å²) in [7, 11) is 2.78. The molecule has 0 aliphatic carbocycles. The van der Waals surface area contributed by atoms with Gasteiger partial charge in [-0.05, 0) is 18.9 Å². The third-order valence-electron chi connectivity index (χ3n) is 5.12. The third kappa shape index (κ3) is 3.43. The van der Waals surface area contributed by atoms with E-state index in [1.807, 2.05) is 31.4 Å². The van der Waals surface area contributed by atoms with Crippen molar-refractivity contribution in [1.82, 2.24) is 19.6 Å². The largest absolute Gasteiger partial charge is 0.468 e. The summed E-state index contributed by atoms with van der Waals surface area (Å²) in [4.78, 5) is 44.5. The van der Waals surface area contributed by atoms with Gasteiger partial charge >= 0.3 is 18.0 Å². The Morgan fingerprint density at radius 3 is 2.55 bits per heavy atom. The molecule has 1 atom stereocenters. The summed E-state index contributed by atoms with van der Waals surface area (Å²) < 4.78 is 8.26. The number of aliphatic imine (C=N–C) groups is 1. The van der Waals surface area contributed by atoms with Crippen molar-refractivity contribution in [3.05, 3.63) is 17.5 Å². The lowest BCUT2D eigenvalue weighted by Crippen LogP contribution is -2.63. The zero-order valence-corrected chi connectivity index (χ0v) is 17.5. The van der Waals surface area contributed by atoms with Crippen LogP contribution in [0.4, 0.5) is 4.79 Å². The summed E-state index contributed by atoms with van der Waals surface area (Å²) in [5, 5.41) is 4.65. The van der Waals surface area contributed by atoms with Crippen LogP contribution in [0.15, 0.2) is 11.1 Å². The van der Waals surface area contributed by atoms with E-state index in [2.05, 4.69) is 14.8 Å². The van der Waals surface area contributed by atoms with E-state index in [1.165, 1.54) is 12.0 Å². The fourth-order valence-electron chi connectivity index (χ4n) is 3.56. The number of ether oxygens (including phenoxy) is 1. The minimum absolute atomic E-state index is 0.347. The first-order valence-electron chi connectivity index (χ1n) is 9.84. The molecule has 10 nitrogen and oxygen atoms in total. The SMILES string of the molecule is CCC[N+]1=C(n2nc(CC)cc2CC)N=C2C1C(=O)N(CC(=O)OC)C(=O)N2C. The molecule has 3 amide bonds. The number of imide groups is 1. The predicted octanol–water partition coefficient (Wildman–Crippen LogP) is 0.482. The molecule has 1 unspecified atom stereocenters. The number of aryl methyl sites for hydroxylation is 2. The molecular weight excluding hydrogens is 376 g/mol. The highest BCUT2D eigenvalue weighted by atomic mass is 16.5. The monoisotopic (exact) mass is 403 g/mol. The van der Waals surface area contributed by atoms with Gasteiger partial charge in [0, 0.05) is 13.5 Å². The van der Waals surface area contributed by atoms with Gasteiger partial charge in [0.25, 0.3) is 5.91 Å². The maximum Gasteiger partial charge on any atom is 0.421 e. The number of amidine groups is 1. The van der Waals surface area contributed by atoms with Crippen molar-refractivity contribution in [2.24, 2.45) is 4.99 Å². The molecule has 2 aliphatic heterocycles. The van der Waals surface area contributed by atoms with Gasteiger partial charge in [0.1, 0.15) is 12.2 Å². The molecule has 0 aromatic carbocycles. The zero-order valence-electron chi connectivity index (χ0n) is 17.5. The van der Waals surface area contributed by atoms with Gasteiger partial charge in [0.2, 0.25) is 11.9 Å². The number of fused-ring (bicyclic) bond motifs is 1. The molecule has 10 heteroatoms. The smallest absolute Gasteiger partial charge is 0.421 e. The van der Waals surface area contributed by atoms with Gasteiger partial charge in [-0.2, -0.15) is 0 Å². The highest BCUT2D eigenvalue weighted by Crippen LogP contribution is 2.21. The van der Waals surface area contributed by atoms with Crippen molar-refractivity contribution in [2.75, 3.05) is 27.2 Å². The summed E-state index contributed by atoms with van der Waals surface area (Å²) in [6.07, 6.45) is 2.31. The van der Waals surface area contributed by atoms with Crippen LogP contribution in [0.3, 0.4) is 0 Å². The van der Waals surface area contributed by atoms with Crippen LogP contribution in [0.2, 0.25) is 0 Å². The van der Waals surface area contributed by atoms with E-state index in [0.29, 0.717) is 18.3 Å². The molecule has 3 heterocycles. The Hall–Kier alpha value is -3.04. The summed E-state index contributed by atoms with van der Waals surface area (Å²) in [5.74, 6) is -0.268. The van der Waals surface area contributed by atoms with E-state index in [1.54, 1.807) is 11.7 Å². The van der Waals surface area contributed by atoms with Gasteiger partial charge in [-0.3, -0.25) is 14.5 Å². The zero-order chi connectivity index (χ0) is 21.3. The van der Waals surface area contributed by atoms with Gasteiger partial charge in [-0.1, -0.05) is 25.8 Å². The summed E-state index contributed by atoms with van der Waals surface area (Å²) >= 11 is 0. The van der Waals surface area contributed by atoms with Crippen LogP contribution < -0.4 is 0 Å². The fourth-order valence-corrected chi connectivity index (χ4v) is 3.56. The summed E-state index contributed by atoms with van der Waals surface area (Å²) in [6.45, 7) is 6.19. The Morgan fingerprint density at radius 1 is 1.24 bits per heavy atom. The molecule has 0 spiro atoms. The quantitative estimate of drug-likeness (QED) is 0.508. The number of hydrogen-bond donors (Lipinski definition) is 0. The van der Waals surface area contributed by atoms with Crippen LogP contribution in [0, 0.1) is 0 Å². The number of aromatic nitrogens is 2. The number of urea groups is 1. The van der Waals surface area contributed by atoms with Crippen molar-refractivity contribution in [2.45, 2.75) is 46.1 Å². The summed E-state index contributed by atoms with van der Waals surface area (Å²) in [5.41, 5.74) is 1.91. The molecule has 156 valence electrons. The van der Waals surface area contributed by atoms with Crippen LogP contribution in [-0.4, -0.2) is 87.1 Å². The Bertz CT molecular complexity index is 916. The molecule has 1 fully saturated rings. The minimum atomic E-state index is -0.781. The number of nitrogens with zero attached hydrogens (tertiary/aromatic N) is 6. The second kappa shape index (κ2) is 8.14. The fraction of sp³-hybridized carbons (Fsp3) is 0.579. The molecular formula is C19H27N6O4+. The van der Waals surface area contributed by atoms with E-state index in [4.69, 9.17) is 0 Å². The molecule has 1 aromatic rings. The lowest BCUT2D eigenvalue weighted by Gasteiger charge is -2.33. The minimum Gasteiger partial charge on any atom is -0.468 e. The van der Waals surface area contributed by atoms with Crippen LogP contribution in [0.1, 0.15) is 38.6 Å². The van der Waals surface area contributed by atoms with Gasteiger partial charge in [0.15, 0.2) is 0 Å². The lowest BCUT2D eigenvalue weighted by molar-refractivity contribution is -0.537. The van der Waals surface area contributed by atoms with E-state index >= 15 is 0 Å². The second-order valence-corrected chi connectivity index (χ2v) is 6.95. The summed E-state index contributed by atoms with van der Waals surface area (Å²) in [6, 6.07) is 0.648. The Balaban J connectivity index is 2.11. The van der Waals surface area contributed by atoms with Crippen LogP contribution in [0.5, 0.6) is 0 Å². The number of methoxy groups -OCH3 is 1. The van der Waals surface area contributed by atoms with Gasteiger partial charge in [0.05, 0.1) is 19.3 Å². The lowest BCUT2D eigenvalue weighted by atomic mass is 10.1. The standard InChI is InChI=1S/C19H27N6O4/c1-6-9-23-15-16(20-18(23)25-13(8-3)10-12(7-2)21-25)22(4)19(28)24(17(15)27)11-14(26)29-5/h10,15H,6-9,11H2,1-5H3/q+1. The average molecular weight is 403 g/mol. The second-order valence-electron chi connectivity index (χ2n) is 6.95. The molecule has 3 rings (SSSR count). The van der Waals surface area contributed by atoms with Crippen molar-refractivity contribution < 1.29 is 23.7 Å². The van der Waals surface area contributed by atoms with Gasteiger partial charge < -0.3 is 4.74 Å². The molecule has 0 N–H and O–H groups in total. The van der Waals surface area contributed by atoms with Crippen molar-refractivity contribution >= 4 is 29.7 Å². The number of carbonyl (C=O) groups excluding carboxylic acids is 3. The molecule has 1 saturated heterocycles. The first-order chi connectivity index (χ1) is 13.9. The van der Waals surface area contributed by atoms with Crippen molar-refractivity contribution in [3.8, 4) is 0 Å². The number of amides is 3. The van der Waals surface area contributed by atoms with Crippen LogP contribution in [0.25, 0.3) is 0 Å². The van der Waals surface area contributed by atoms with Crippen molar-refractivity contribution in [1.29, 1.82) is 0 Å². The van der Waals surface area contributed by atoms with E-state index < -0.39 is 30.5 Å². The Labute approximate surface area is 169 Å². The Morgan fingerprint density at radius 2 is 1.97 bits per heavy atom. The molecule has 0 radical (unpaired) electrons. The van der Waals surface area contributed by atoms with Crippen LogP contribution >= 0.6 is 0 Å². The number of hydrogen-bond acceptors (Lipinski definition) is 6. The molecule has 29 heavy (non-hydrogen) atoms. The first kappa shape index (κ1) is 20.7.